The molecule has 0 rings (SSSR count). The summed E-state index contributed by atoms with van der Waals surface area (Å²) >= 11 is 0. The number of nitrogens with zero attached hydrogens (tertiary/aromatic N) is 1. The van der Waals surface area contributed by atoms with Crippen LogP contribution in [-0.2, 0) is 14.3 Å². The maximum atomic E-state index is 11.4. The minimum absolute atomic E-state index is 0.237. The Bertz CT molecular complexity index is 352. The maximum Gasteiger partial charge on any atom is 0.349 e. The van der Waals surface area contributed by atoms with Gasteiger partial charge in [-0.15, -0.1) is 0 Å². The molecule has 0 heterocycles. The quantitative estimate of drug-likeness (QED) is 0.306. The molecule has 0 aromatic carbocycles. The summed E-state index contributed by atoms with van der Waals surface area (Å²) in [6.07, 6.45) is 3.44. The molecule has 0 aromatic rings. The number of carbonyl (C=O) groups excluding carboxylic acids is 2. The number of aliphatic hydroxyl groups excluding tert-OH is 1. The highest BCUT2D eigenvalue weighted by Crippen LogP contribution is 2.03. The predicted octanol–water partition coefficient (Wildman–Crippen LogP) is 1.51. The van der Waals surface area contributed by atoms with Gasteiger partial charge in [-0.25, -0.2) is 4.79 Å². The molecule has 5 heteroatoms. The Kier molecular flexibility index (Phi) is 8.50. The van der Waals surface area contributed by atoms with Crippen LogP contribution in [-0.4, -0.2) is 29.6 Å². The summed E-state index contributed by atoms with van der Waals surface area (Å²) in [5.74, 6) is -1.50. The summed E-state index contributed by atoms with van der Waals surface area (Å²) in [6, 6.07) is 1.59. The van der Waals surface area contributed by atoms with Crippen molar-refractivity contribution in [3.05, 3.63) is 11.6 Å². The molecule has 0 amide bonds. The number of hydrogen-bond donors (Lipinski definition) is 1. The number of unbranched alkanes of at least 4 members (excludes halogenated alkanes) is 3. The molecule has 1 unspecified atom stereocenters. The molecule has 0 saturated heterocycles. The lowest BCUT2D eigenvalue weighted by atomic mass is 10.1. The van der Waals surface area contributed by atoms with Crippen LogP contribution in [0, 0.1) is 11.3 Å². The zero-order valence-electron chi connectivity index (χ0n) is 10.8. The Morgan fingerprint density at radius 1 is 1.39 bits per heavy atom. The number of rotatable bonds is 8. The summed E-state index contributed by atoms with van der Waals surface area (Å²) in [6.45, 7) is 3.58. The fourth-order valence-electron chi connectivity index (χ4n) is 1.17. The fraction of sp³-hybridized carbons (Fsp3) is 0.615. The highest BCUT2D eigenvalue weighted by atomic mass is 16.5. The lowest BCUT2D eigenvalue weighted by Crippen LogP contribution is -2.16. The zero-order valence-corrected chi connectivity index (χ0v) is 10.8. The van der Waals surface area contributed by atoms with Crippen molar-refractivity contribution < 1.29 is 19.4 Å². The van der Waals surface area contributed by atoms with Crippen molar-refractivity contribution >= 4 is 11.8 Å². The van der Waals surface area contributed by atoms with Crippen LogP contribution in [0.1, 0.15) is 39.5 Å². The van der Waals surface area contributed by atoms with E-state index >= 15 is 0 Å². The van der Waals surface area contributed by atoms with Crippen molar-refractivity contribution in [2.24, 2.45) is 0 Å². The van der Waals surface area contributed by atoms with Crippen LogP contribution in [0.5, 0.6) is 0 Å². The van der Waals surface area contributed by atoms with Gasteiger partial charge in [-0.05, 0) is 13.3 Å². The average Bonchev–Trinajstić information content (AvgIpc) is 2.34. The Morgan fingerprint density at radius 3 is 2.56 bits per heavy atom. The first-order chi connectivity index (χ1) is 8.52. The molecule has 1 N–H and O–H groups in total. The SMILES string of the molecule is CCCCCCOC(=O)/C(C#N)=C/C(=O)C(C)O. The molecule has 0 aliphatic rings. The molecule has 0 radical (unpaired) electrons. The van der Waals surface area contributed by atoms with E-state index in [0.29, 0.717) is 0 Å². The highest BCUT2D eigenvalue weighted by Gasteiger charge is 2.14. The lowest BCUT2D eigenvalue weighted by molar-refractivity contribution is -0.139. The molecule has 0 aromatic heterocycles. The molecule has 100 valence electrons. The van der Waals surface area contributed by atoms with Gasteiger partial charge in [-0.2, -0.15) is 5.26 Å². The van der Waals surface area contributed by atoms with Crippen LogP contribution >= 0.6 is 0 Å². The number of nitriles is 1. The maximum absolute atomic E-state index is 11.4. The van der Waals surface area contributed by atoms with E-state index in [9.17, 15) is 9.59 Å². The van der Waals surface area contributed by atoms with E-state index in [1.54, 1.807) is 6.07 Å². The Hall–Kier alpha value is -1.67. The number of aliphatic hydroxyl groups is 1. The van der Waals surface area contributed by atoms with Crippen LogP contribution in [0.3, 0.4) is 0 Å². The number of ether oxygens (including phenoxy) is 1. The largest absolute Gasteiger partial charge is 0.462 e. The van der Waals surface area contributed by atoms with Gasteiger partial charge in [0.1, 0.15) is 17.7 Å². The summed E-state index contributed by atoms with van der Waals surface area (Å²) in [7, 11) is 0. The van der Waals surface area contributed by atoms with Crippen LogP contribution < -0.4 is 0 Å². The van der Waals surface area contributed by atoms with Gasteiger partial charge in [-0.1, -0.05) is 26.2 Å². The van der Waals surface area contributed by atoms with E-state index in [1.807, 2.05) is 0 Å². The van der Waals surface area contributed by atoms with Crippen LogP contribution in [0.25, 0.3) is 0 Å². The van der Waals surface area contributed by atoms with Gasteiger partial charge in [0, 0.05) is 6.08 Å². The van der Waals surface area contributed by atoms with E-state index in [2.05, 4.69) is 6.92 Å². The summed E-state index contributed by atoms with van der Waals surface area (Å²) < 4.78 is 4.86. The number of hydrogen-bond acceptors (Lipinski definition) is 5. The van der Waals surface area contributed by atoms with Gasteiger partial charge in [0.25, 0.3) is 0 Å². The van der Waals surface area contributed by atoms with Gasteiger partial charge in [0.2, 0.25) is 0 Å². The first-order valence-corrected chi connectivity index (χ1v) is 6.03. The molecule has 0 aliphatic heterocycles. The molecular weight excluding hydrogens is 234 g/mol. The predicted molar refractivity (Wildman–Crippen MR) is 65.5 cm³/mol. The topological polar surface area (TPSA) is 87.4 Å². The normalized spacial score (nSPS) is 12.7. The molecule has 0 spiro atoms. The minimum atomic E-state index is -1.23. The van der Waals surface area contributed by atoms with Gasteiger partial charge in [0.15, 0.2) is 5.78 Å². The van der Waals surface area contributed by atoms with Crippen molar-refractivity contribution in [3.63, 3.8) is 0 Å². The Labute approximate surface area is 107 Å². The van der Waals surface area contributed by atoms with Crippen molar-refractivity contribution in [3.8, 4) is 6.07 Å². The second-order valence-corrected chi connectivity index (χ2v) is 3.94. The molecule has 0 aliphatic carbocycles. The molecule has 1 atom stereocenters. The van der Waals surface area contributed by atoms with Gasteiger partial charge in [0.05, 0.1) is 6.61 Å². The van der Waals surface area contributed by atoms with E-state index in [0.717, 1.165) is 31.8 Å². The number of ketones is 1. The lowest BCUT2D eigenvalue weighted by Gasteiger charge is -2.03. The number of esters is 1. The zero-order chi connectivity index (χ0) is 14.0. The van der Waals surface area contributed by atoms with Gasteiger partial charge in [-0.3, -0.25) is 4.79 Å². The van der Waals surface area contributed by atoms with Gasteiger partial charge >= 0.3 is 5.97 Å². The van der Waals surface area contributed by atoms with Crippen molar-refractivity contribution in [1.29, 1.82) is 5.26 Å². The minimum Gasteiger partial charge on any atom is -0.462 e. The van der Waals surface area contributed by atoms with Crippen LogP contribution in [0.15, 0.2) is 11.6 Å². The van der Waals surface area contributed by atoms with E-state index in [4.69, 9.17) is 15.1 Å². The number of carbonyl (C=O) groups is 2. The smallest absolute Gasteiger partial charge is 0.349 e. The Balaban J connectivity index is 4.21. The third-order valence-electron chi connectivity index (χ3n) is 2.27. The van der Waals surface area contributed by atoms with Gasteiger partial charge < -0.3 is 9.84 Å². The van der Waals surface area contributed by atoms with Crippen molar-refractivity contribution in [2.45, 2.75) is 45.6 Å². The van der Waals surface area contributed by atoms with E-state index in [1.165, 1.54) is 6.92 Å². The van der Waals surface area contributed by atoms with Crippen molar-refractivity contribution in [2.75, 3.05) is 6.61 Å². The summed E-state index contributed by atoms with van der Waals surface area (Å²) in [4.78, 5) is 22.6. The molecule has 0 saturated carbocycles. The van der Waals surface area contributed by atoms with E-state index in [-0.39, 0.29) is 12.2 Å². The average molecular weight is 253 g/mol. The van der Waals surface area contributed by atoms with Crippen LogP contribution in [0.4, 0.5) is 0 Å². The molecule has 0 fully saturated rings. The Morgan fingerprint density at radius 2 is 2.06 bits per heavy atom. The summed E-state index contributed by atoms with van der Waals surface area (Å²) in [5, 5.41) is 17.7. The van der Waals surface area contributed by atoms with Crippen LogP contribution in [0.2, 0.25) is 0 Å². The van der Waals surface area contributed by atoms with Crippen molar-refractivity contribution in [1.82, 2.24) is 0 Å². The third kappa shape index (κ3) is 6.81. The molecule has 18 heavy (non-hydrogen) atoms. The molecular formula is C13H19NO4. The molecule has 5 nitrogen and oxygen atoms in total. The monoisotopic (exact) mass is 253 g/mol. The fourth-order valence-corrected chi connectivity index (χ4v) is 1.17. The second kappa shape index (κ2) is 9.37. The third-order valence-corrected chi connectivity index (χ3v) is 2.27. The van der Waals surface area contributed by atoms with E-state index < -0.39 is 17.9 Å². The first-order valence-electron chi connectivity index (χ1n) is 6.03. The second-order valence-electron chi connectivity index (χ2n) is 3.94. The first kappa shape index (κ1) is 16.3. The summed E-state index contributed by atoms with van der Waals surface area (Å²) in [5.41, 5.74) is -0.378. The highest BCUT2D eigenvalue weighted by molar-refractivity contribution is 6.03. The molecule has 0 bridgehead atoms. The standard InChI is InChI=1S/C13H19NO4/c1-3-4-5-6-7-18-13(17)11(9-14)8-12(16)10(2)15/h8,10,15H,3-7H2,1-2H3/b11-8+.